The summed E-state index contributed by atoms with van der Waals surface area (Å²) in [7, 11) is 2.32. The number of aryl methyl sites for hydroxylation is 1. The van der Waals surface area contributed by atoms with Gasteiger partial charge in [-0.3, -0.25) is 52.6 Å². The number of carbonyl (C=O) groups excluding carboxylic acids is 8. The second-order valence-corrected chi connectivity index (χ2v) is 36.3. The first-order valence-corrected chi connectivity index (χ1v) is 44.2. The third kappa shape index (κ3) is 22.9. The van der Waals surface area contributed by atoms with Crippen molar-refractivity contribution in [3.63, 3.8) is 0 Å². The van der Waals surface area contributed by atoms with Crippen LogP contribution in [0.25, 0.3) is 22.3 Å². The monoisotopic (exact) mass is 1880 g/mol. The summed E-state index contributed by atoms with van der Waals surface area (Å²) in [6.45, 7) is 20.8. The number of methoxy groups -OCH3 is 2. The molecule has 4 aromatic carbocycles. The highest BCUT2D eigenvalue weighted by molar-refractivity contribution is 9.10. The zero-order valence-corrected chi connectivity index (χ0v) is 75.5. The lowest BCUT2D eigenvalue weighted by molar-refractivity contribution is -0.171. The molecule has 3 aromatic heterocycles. The van der Waals surface area contributed by atoms with Crippen LogP contribution >= 0.6 is 55.1 Å². The van der Waals surface area contributed by atoms with Crippen molar-refractivity contribution in [3.8, 4) is 22.3 Å². The van der Waals surface area contributed by atoms with Crippen LogP contribution in [0.2, 0.25) is 0 Å². The number of hydrogen-bond donors (Lipinski definition) is 1. The van der Waals surface area contributed by atoms with Gasteiger partial charge in [0.2, 0.25) is 23.0 Å². The van der Waals surface area contributed by atoms with Crippen molar-refractivity contribution in [2.24, 2.45) is 23.7 Å². The maximum absolute atomic E-state index is 12.9. The van der Waals surface area contributed by atoms with Crippen molar-refractivity contribution in [1.29, 1.82) is 0 Å². The molecule has 19 rings (SSSR count). The molecule has 123 heavy (non-hydrogen) atoms. The molecule has 0 unspecified atom stereocenters. The minimum Gasteiger partial charge on any atom is -0.457 e. The number of fused-ring (bicyclic) bond motifs is 4. The first-order chi connectivity index (χ1) is 58.2. The van der Waals surface area contributed by atoms with Crippen LogP contribution in [-0.2, 0) is 54.0 Å². The lowest BCUT2D eigenvalue weighted by Crippen LogP contribution is -2.55. The lowest BCUT2D eigenvalue weighted by Gasteiger charge is -2.41. The molecule has 7 aliphatic carbocycles. The van der Waals surface area contributed by atoms with Crippen LogP contribution in [0.3, 0.4) is 0 Å². The van der Waals surface area contributed by atoms with Gasteiger partial charge in [-0.05, 0) is 247 Å². The number of alkyl halides is 6. The fraction of sp³-hybridized carbons (Fsp3) is 0.529. The molecule has 1 saturated heterocycles. The Balaban J connectivity index is 0.000000136. The average molecular weight is 1880 g/mol. The van der Waals surface area contributed by atoms with E-state index in [1.165, 1.54) is 70.6 Å². The number of ether oxygens (including phenoxy) is 2. The molecule has 8 heterocycles. The molecule has 0 bridgehead atoms. The maximum Gasteiger partial charge on any atom is 0.498 e. The number of halogens is 10. The van der Waals surface area contributed by atoms with Gasteiger partial charge in [0.05, 0.1) is 102 Å². The third-order valence-corrected chi connectivity index (χ3v) is 24.7. The van der Waals surface area contributed by atoms with Crippen LogP contribution in [0.1, 0.15) is 189 Å². The molecule has 1 N–H and O–H groups in total. The number of hydrogen-bond acceptors (Lipinski definition) is 16. The number of aromatic nitrogens is 6. The van der Waals surface area contributed by atoms with Gasteiger partial charge >= 0.3 is 42.8 Å². The van der Waals surface area contributed by atoms with E-state index < -0.39 is 47.8 Å². The number of nitrogens with zero attached hydrogens (tertiary/aromatic N) is 12. The Bertz CT molecular complexity index is 5030. The normalized spacial score (nSPS) is 21.2. The van der Waals surface area contributed by atoms with Crippen molar-refractivity contribution >= 4 is 154 Å². The maximum atomic E-state index is 12.9. The topological polar surface area (TPSA) is 258 Å². The zero-order chi connectivity index (χ0) is 89.2. The van der Waals surface area contributed by atoms with E-state index in [1.54, 1.807) is 42.2 Å². The zero-order valence-electron chi connectivity index (χ0n) is 70.8. The van der Waals surface area contributed by atoms with Gasteiger partial charge in [0, 0.05) is 123 Å². The molecule has 8 fully saturated rings. The van der Waals surface area contributed by atoms with Crippen LogP contribution < -0.4 is 40.2 Å². The Morgan fingerprint density at radius 3 is 1.31 bits per heavy atom. The highest BCUT2D eigenvalue weighted by atomic mass is 79.9. The molecule has 0 radical (unpaired) electrons. The fourth-order valence-corrected chi connectivity index (χ4v) is 15.7. The van der Waals surface area contributed by atoms with Crippen molar-refractivity contribution in [2.45, 2.75) is 238 Å². The van der Waals surface area contributed by atoms with E-state index in [0.29, 0.717) is 53.4 Å². The molecule has 12 aliphatic rings. The highest BCUT2D eigenvalue weighted by Gasteiger charge is 2.54. The molecule has 0 spiro atoms. The summed E-state index contributed by atoms with van der Waals surface area (Å²) in [5.74, 6) is -2.82. The Morgan fingerprint density at radius 1 is 0.472 bits per heavy atom. The van der Waals surface area contributed by atoms with Crippen LogP contribution in [0.5, 0.6) is 0 Å². The lowest BCUT2D eigenvalue weighted by atomic mass is 9.82. The summed E-state index contributed by atoms with van der Waals surface area (Å²) in [5, 5.41) is 16.7. The van der Waals surface area contributed by atoms with E-state index in [-0.39, 0.29) is 89.3 Å². The first-order valence-electron chi connectivity index (χ1n) is 41.9. The predicted octanol–water partition coefficient (Wildman–Crippen LogP) is 18.9. The van der Waals surface area contributed by atoms with E-state index in [4.69, 9.17) is 25.6 Å². The fourth-order valence-electron chi connectivity index (χ4n) is 14.8. The number of nitrogens with one attached hydrogen (secondary N) is 1. The number of rotatable bonds is 10. The van der Waals surface area contributed by atoms with E-state index in [2.05, 4.69) is 145 Å². The van der Waals surface area contributed by atoms with Gasteiger partial charge in [-0.1, -0.05) is 57.8 Å². The molecule has 6 amide bonds. The minimum absolute atomic E-state index is 0.0562. The summed E-state index contributed by atoms with van der Waals surface area (Å²) < 4.78 is 105. The third-order valence-electron chi connectivity index (χ3n) is 23.2. The molecular weight excluding hydrogens is 1770 g/mol. The summed E-state index contributed by atoms with van der Waals surface area (Å²) in [5.41, 5.74) is 9.12. The molecule has 36 heteroatoms. The molecule has 5 aliphatic heterocycles. The Labute approximate surface area is 738 Å². The molecule has 4 atom stereocenters. The van der Waals surface area contributed by atoms with Crippen molar-refractivity contribution in [3.05, 3.63) is 124 Å². The molecule has 7 aromatic rings. The number of benzene rings is 4. The quantitative estimate of drug-likeness (QED) is 0.0758. The second-order valence-electron chi connectivity index (χ2n) is 33.8. The van der Waals surface area contributed by atoms with Gasteiger partial charge in [0.25, 0.3) is 0 Å². The Morgan fingerprint density at radius 2 is 0.870 bits per heavy atom. The van der Waals surface area contributed by atoms with E-state index >= 15 is 0 Å². The highest BCUT2D eigenvalue weighted by Crippen LogP contribution is 2.48. The number of amides is 6. The Kier molecular flexibility index (Phi) is 29.3. The van der Waals surface area contributed by atoms with Crippen LogP contribution in [0.4, 0.5) is 75.7 Å². The van der Waals surface area contributed by atoms with E-state index in [1.807, 2.05) is 76.7 Å². The van der Waals surface area contributed by atoms with Gasteiger partial charge < -0.3 is 43.7 Å². The summed E-state index contributed by atoms with van der Waals surface area (Å²) in [6.07, 6.45) is 17.9. The van der Waals surface area contributed by atoms with Crippen molar-refractivity contribution in [1.82, 2.24) is 29.3 Å². The van der Waals surface area contributed by atoms with Gasteiger partial charge in [-0.25, -0.2) is 9.59 Å². The molecular formula is C87H104BBr2Cl2F6N13O12. The summed E-state index contributed by atoms with van der Waals surface area (Å²) in [6, 6.07) is 22.5. The van der Waals surface area contributed by atoms with Crippen LogP contribution in [-0.4, -0.2) is 164 Å². The smallest absolute Gasteiger partial charge is 0.457 e. The van der Waals surface area contributed by atoms with E-state index in [0.717, 1.165) is 128 Å². The standard InChI is InChI=1S/C21H24N4O3.C19H22N4O.C15H14BrF3N2O2.C12H19BN2O2.C12H11BrF3NO.C4H5ClO.C2H3ClO2.C2H6/c1-13-11-23(20(26)14-3-4-14)19-9-15(5-8-18(19)25(13)21(27)28-2)16-10-22-24(12-16)17-6-7-17;1-12-10-22(19(24)13-2-3-13)18-8-14(4-7-17(18)21-12)15-9-20-23(11-15)16-5-6-16;1-8-7-20(13(22)9-2-3-9)12-6-10(16)4-5-11(12)21(8)14(23)15(17,18)19;1-11(2)12(3,4)17-13(16-11)9-7-14-15(8-9)10-5-6-10;1-7-2-3-8-6-9(13)4-5-10(8)17(7)11(18)12(14,15)16;5-4(6)3-1-2-3;1-5-2(3)4;1-2/h5,8-10,12-14,17H,3-4,6-7,11H2,1-2H3;4,7-9,11-13,16,21H,2-3,5-6,10H2,1H3;4-6,8-9H,2-3,7H2,1H3;7-8,10H,5-6H2,1-4H3;4-7H,2-3H2,1H3;3H,1-2H2;1H3;1-2H3/t13-;12-;8-;;7-;;;/m000.0.../s1. The van der Waals surface area contributed by atoms with Gasteiger partial charge in [0.1, 0.15) is 0 Å². The Hall–Kier alpha value is -8.83. The van der Waals surface area contributed by atoms with E-state index in [9.17, 15) is 64.7 Å². The van der Waals surface area contributed by atoms with Crippen LogP contribution in [0.15, 0.2) is 119 Å². The SMILES string of the molecule is CC.CC1(C)OB(c2cnn(C3CC3)c2)OC1(C)C.COC(=O)Cl.COC(=O)N1c2ccc(-c3cnn(C4CC4)c3)cc2N(C(=O)C2CC2)C[C@@H]1C.C[C@H]1CCc2cc(Br)ccc2N1C(=O)C(F)(F)F.C[C@H]1CN(C(=O)C2CC2)c2cc(-c3cnn(C4CC4)c3)ccc2N1.C[C@H]1CN(C(=O)C2CC2)c2cc(Br)ccc2N1C(=O)C(F)(F)F.O=C(Cl)C1CC1. The molecule has 25 nitrogen and oxygen atoms in total. The van der Waals surface area contributed by atoms with Crippen molar-refractivity contribution in [2.75, 3.05) is 68.6 Å². The summed E-state index contributed by atoms with van der Waals surface area (Å²) in [4.78, 5) is 102. The number of anilines is 7. The molecule has 7 saturated carbocycles. The minimum atomic E-state index is -4.96. The van der Waals surface area contributed by atoms with Gasteiger partial charge in [-0.15, -0.1) is 0 Å². The van der Waals surface area contributed by atoms with Gasteiger partial charge in [0.15, 0.2) is 0 Å². The average Bonchev–Trinajstić information content (AvgIpc) is 1.73. The predicted molar refractivity (Wildman–Crippen MR) is 467 cm³/mol. The first kappa shape index (κ1) is 93.3. The van der Waals surface area contributed by atoms with Crippen LogP contribution in [0, 0.1) is 23.7 Å². The summed E-state index contributed by atoms with van der Waals surface area (Å²) >= 11 is 16.2. The van der Waals surface area contributed by atoms with Crippen molar-refractivity contribution < 1.29 is 83.5 Å². The molecule has 662 valence electrons. The largest absolute Gasteiger partial charge is 0.498 e. The second kappa shape index (κ2) is 38.6. The number of carbonyl (C=O) groups is 8. The van der Waals surface area contributed by atoms with Gasteiger partial charge in [-0.2, -0.15) is 41.6 Å².